The molecule has 0 fully saturated rings. The van der Waals surface area contributed by atoms with Gasteiger partial charge in [0.2, 0.25) is 0 Å². The summed E-state index contributed by atoms with van der Waals surface area (Å²) in [6, 6.07) is 0. The zero-order valence-corrected chi connectivity index (χ0v) is 6.43. The number of rotatable bonds is 2. The molecule has 6 heteroatoms. The topological polar surface area (TPSA) is 77.8 Å². The Hall–Kier alpha value is 0.400. The molecule has 0 amide bonds. The molecule has 0 aliphatic rings. The van der Waals surface area contributed by atoms with Crippen LogP contribution in [0.15, 0.2) is 0 Å². The smallest absolute Gasteiger partial charge is 0.357 e. The SMILES string of the molecule is CC(O)(CCl)P(=O)(O)O. The molecule has 0 aliphatic heterocycles. The Balaban J connectivity index is 4.34. The van der Waals surface area contributed by atoms with Crippen LogP contribution in [0.3, 0.4) is 0 Å². The van der Waals surface area contributed by atoms with Gasteiger partial charge in [-0.15, -0.1) is 11.6 Å². The molecular formula is C3H8ClO4P. The lowest BCUT2D eigenvalue weighted by Crippen LogP contribution is -2.25. The molecule has 0 aromatic rings. The van der Waals surface area contributed by atoms with Crippen molar-refractivity contribution in [2.45, 2.75) is 12.3 Å². The summed E-state index contributed by atoms with van der Waals surface area (Å²) in [7, 11) is -4.45. The Morgan fingerprint density at radius 3 is 2.00 bits per heavy atom. The maximum Gasteiger partial charge on any atom is 0.357 e. The predicted molar refractivity (Wildman–Crippen MR) is 33.4 cm³/mol. The molecular weight excluding hydrogens is 166 g/mol. The van der Waals surface area contributed by atoms with Crippen LogP contribution in [0.4, 0.5) is 0 Å². The van der Waals surface area contributed by atoms with E-state index in [1.807, 2.05) is 0 Å². The van der Waals surface area contributed by atoms with Gasteiger partial charge in [0.15, 0.2) is 5.34 Å². The summed E-state index contributed by atoms with van der Waals surface area (Å²) in [5.41, 5.74) is 0. The molecule has 0 bridgehead atoms. The molecule has 9 heavy (non-hydrogen) atoms. The van der Waals surface area contributed by atoms with Gasteiger partial charge < -0.3 is 14.9 Å². The van der Waals surface area contributed by atoms with Crippen LogP contribution >= 0.6 is 19.2 Å². The molecule has 0 aliphatic carbocycles. The van der Waals surface area contributed by atoms with E-state index >= 15 is 0 Å². The minimum absolute atomic E-state index is 0.475. The van der Waals surface area contributed by atoms with E-state index < -0.39 is 18.8 Å². The number of hydrogen-bond acceptors (Lipinski definition) is 2. The monoisotopic (exact) mass is 174 g/mol. The maximum atomic E-state index is 10.2. The maximum absolute atomic E-state index is 10.2. The molecule has 0 spiro atoms. The Bertz CT molecular complexity index is 139. The van der Waals surface area contributed by atoms with E-state index in [-0.39, 0.29) is 0 Å². The molecule has 0 aromatic heterocycles. The fourth-order valence-corrected chi connectivity index (χ4v) is 0.701. The molecule has 0 heterocycles. The van der Waals surface area contributed by atoms with Crippen molar-refractivity contribution in [2.75, 3.05) is 5.88 Å². The summed E-state index contributed by atoms with van der Waals surface area (Å²) in [5.74, 6) is -0.475. The second-order valence-electron chi connectivity index (χ2n) is 1.89. The summed E-state index contributed by atoms with van der Waals surface area (Å²) < 4.78 is 10.2. The standard InChI is InChI=1S/C3H8ClO4P/c1-3(5,2-4)9(6,7)8/h5H,2H2,1H3,(H2,6,7,8). The van der Waals surface area contributed by atoms with E-state index in [1.165, 1.54) is 0 Å². The quantitative estimate of drug-likeness (QED) is 0.410. The van der Waals surface area contributed by atoms with Crippen LogP contribution in [-0.4, -0.2) is 26.1 Å². The highest BCUT2D eigenvalue weighted by Crippen LogP contribution is 2.48. The fraction of sp³-hybridized carbons (Fsp3) is 1.00. The van der Waals surface area contributed by atoms with Gasteiger partial charge in [0, 0.05) is 0 Å². The van der Waals surface area contributed by atoms with Crippen molar-refractivity contribution in [1.82, 2.24) is 0 Å². The zero-order valence-electron chi connectivity index (χ0n) is 4.78. The van der Waals surface area contributed by atoms with Crippen LogP contribution in [0, 0.1) is 0 Å². The van der Waals surface area contributed by atoms with Crippen LogP contribution in [-0.2, 0) is 4.57 Å². The van der Waals surface area contributed by atoms with Crippen molar-refractivity contribution in [1.29, 1.82) is 0 Å². The van der Waals surface area contributed by atoms with Gasteiger partial charge in [0.1, 0.15) is 0 Å². The second-order valence-corrected chi connectivity index (χ2v) is 4.21. The average Bonchev–Trinajstić information content (AvgIpc) is 1.64. The van der Waals surface area contributed by atoms with Gasteiger partial charge in [-0.2, -0.15) is 0 Å². The van der Waals surface area contributed by atoms with Crippen molar-refractivity contribution >= 4 is 19.2 Å². The van der Waals surface area contributed by atoms with E-state index in [0.717, 1.165) is 6.92 Å². The summed E-state index contributed by atoms with van der Waals surface area (Å²) >= 11 is 5.04. The van der Waals surface area contributed by atoms with Crippen LogP contribution in [0.1, 0.15) is 6.92 Å². The molecule has 56 valence electrons. The van der Waals surface area contributed by atoms with Crippen LogP contribution in [0.5, 0.6) is 0 Å². The predicted octanol–water partition coefficient (Wildman–Crippen LogP) is 0.111. The Kier molecular flexibility index (Phi) is 2.68. The lowest BCUT2D eigenvalue weighted by Gasteiger charge is -2.20. The third kappa shape index (κ3) is 2.24. The minimum Gasteiger partial charge on any atom is -0.377 e. The molecule has 1 unspecified atom stereocenters. The first-order valence-electron chi connectivity index (χ1n) is 2.15. The zero-order chi connectivity index (χ0) is 7.71. The van der Waals surface area contributed by atoms with E-state index in [4.69, 9.17) is 26.5 Å². The van der Waals surface area contributed by atoms with Gasteiger partial charge in [-0.05, 0) is 6.92 Å². The van der Waals surface area contributed by atoms with Gasteiger partial charge in [0.25, 0.3) is 0 Å². The van der Waals surface area contributed by atoms with E-state index in [2.05, 4.69) is 0 Å². The highest BCUT2D eigenvalue weighted by molar-refractivity contribution is 7.53. The highest BCUT2D eigenvalue weighted by atomic mass is 35.5. The van der Waals surface area contributed by atoms with Gasteiger partial charge in [-0.3, -0.25) is 4.57 Å². The van der Waals surface area contributed by atoms with Crippen molar-refractivity contribution < 1.29 is 19.5 Å². The Morgan fingerprint density at radius 2 is 2.00 bits per heavy atom. The molecule has 0 saturated heterocycles. The summed E-state index contributed by atoms with van der Waals surface area (Å²) in [6.45, 7) is 0.987. The largest absolute Gasteiger partial charge is 0.377 e. The highest BCUT2D eigenvalue weighted by Gasteiger charge is 2.39. The van der Waals surface area contributed by atoms with Crippen LogP contribution < -0.4 is 0 Å². The van der Waals surface area contributed by atoms with Gasteiger partial charge in [-0.1, -0.05) is 0 Å². The summed E-state index contributed by atoms with van der Waals surface area (Å²) in [4.78, 5) is 16.6. The van der Waals surface area contributed by atoms with Gasteiger partial charge in [-0.25, -0.2) is 0 Å². The van der Waals surface area contributed by atoms with Gasteiger partial charge in [0.05, 0.1) is 5.88 Å². The molecule has 0 rings (SSSR count). The van der Waals surface area contributed by atoms with Crippen LogP contribution in [0.25, 0.3) is 0 Å². The number of aliphatic hydroxyl groups is 1. The van der Waals surface area contributed by atoms with E-state index in [0.29, 0.717) is 0 Å². The molecule has 1 atom stereocenters. The van der Waals surface area contributed by atoms with Crippen molar-refractivity contribution in [3.05, 3.63) is 0 Å². The first kappa shape index (κ1) is 9.40. The second kappa shape index (κ2) is 2.56. The lowest BCUT2D eigenvalue weighted by molar-refractivity contribution is 0.130. The van der Waals surface area contributed by atoms with Crippen molar-refractivity contribution in [2.24, 2.45) is 0 Å². The molecule has 3 N–H and O–H groups in total. The van der Waals surface area contributed by atoms with Crippen molar-refractivity contribution in [3.63, 3.8) is 0 Å². The van der Waals surface area contributed by atoms with Crippen molar-refractivity contribution in [3.8, 4) is 0 Å². The van der Waals surface area contributed by atoms with Gasteiger partial charge >= 0.3 is 7.60 Å². The fourth-order valence-electron chi connectivity index (χ4n) is 0.0778. The first-order chi connectivity index (χ1) is 3.81. The summed E-state index contributed by atoms with van der Waals surface area (Å²) in [5, 5.41) is 6.68. The van der Waals surface area contributed by atoms with Crippen LogP contribution in [0.2, 0.25) is 0 Å². The number of alkyl halides is 1. The minimum atomic E-state index is -4.45. The molecule has 0 aromatic carbocycles. The number of hydrogen-bond donors (Lipinski definition) is 3. The normalized spacial score (nSPS) is 19.2. The lowest BCUT2D eigenvalue weighted by atomic mass is 10.5. The molecule has 0 radical (unpaired) electrons. The first-order valence-corrected chi connectivity index (χ1v) is 4.30. The third-order valence-corrected chi connectivity index (χ3v) is 3.00. The average molecular weight is 175 g/mol. The summed E-state index contributed by atoms with van der Waals surface area (Å²) in [6.07, 6.45) is 0. The third-order valence-electron chi connectivity index (χ3n) is 0.881. The Morgan fingerprint density at radius 1 is 1.67 bits per heavy atom. The molecule has 4 nitrogen and oxygen atoms in total. The van der Waals surface area contributed by atoms with E-state index in [9.17, 15) is 4.57 Å². The Labute approximate surface area is 57.6 Å². The van der Waals surface area contributed by atoms with E-state index in [1.54, 1.807) is 0 Å². The molecule has 0 saturated carbocycles. The number of halogens is 1.